The van der Waals surface area contributed by atoms with Crippen LogP contribution in [-0.4, -0.2) is 45.4 Å². The number of methoxy groups -OCH3 is 2. The predicted octanol–water partition coefficient (Wildman–Crippen LogP) is 5.18. The zero-order chi connectivity index (χ0) is 25.0. The Balaban J connectivity index is 2.23. The molecule has 1 aliphatic rings. The minimum absolute atomic E-state index is 0.210. The molecule has 8 heteroatoms. The number of esters is 1. The molecule has 1 aliphatic heterocycles. The summed E-state index contributed by atoms with van der Waals surface area (Å²) >= 11 is 6.41. The Kier molecular flexibility index (Phi) is 8.10. The average Bonchev–Trinajstić information content (AvgIpc) is 2.88. The highest BCUT2D eigenvalue weighted by molar-refractivity contribution is 6.30. The van der Waals surface area contributed by atoms with Crippen LogP contribution in [-0.2, 0) is 19.1 Å². The van der Waals surface area contributed by atoms with Crippen molar-refractivity contribution in [3.05, 3.63) is 52.5 Å². The van der Waals surface area contributed by atoms with Crippen LogP contribution >= 0.6 is 11.6 Å². The molecule has 0 radical (unpaired) electrons. The van der Waals surface area contributed by atoms with Gasteiger partial charge in [0.2, 0.25) is 0 Å². The average molecular weight is 490 g/mol. The summed E-state index contributed by atoms with van der Waals surface area (Å²) in [5, 5.41) is 0.501. The van der Waals surface area contributed by atoms with Gasteiger partial charge in [-0.2, -0.15) is 0 Å². The Morgan fingerprint density at radius 3 is 2.47 bits per heavy atom. The lowest BCUT2D eigenvalue weighted by Crippen LogP contribution is -2.44. The first-order valence-corrected chi connectivity index (χ1v) is 11.6. The lowest BCUT2D eigenvalue weighted by atomic mass is 9.94. The minimum Gasteiger partial charge on any atom is -0.493 e. The van der Waals surface area contributed by atoms with E-state index >= 15 is 0 Å². The molecule has 0 aromatic heterocycles. The first-order chi connectivity index (χ1) is 16.1. The molecule has 0 spiro atoms. The summed E-state index contributed by atoms with van der Waals surface area (Å²) in [4.78, 5) is 27.9. The lowest BCUT2D eigenvalue weighted by molar-refractivity contribution is -0.151. The zero-order valence-electron chi connectivity index (χ0n) is 20.5. The molecule has 0 aliphatic carbocycles. The molecule has 0 saturated carbocycles. The molecular formula is C26H32ClNO6. The molecule has 0 saturated heterocycles. The van der Waals surface area contributed by atoms with Crippen molar-refractivity contribution in [3.63, 3.8) is 0 Å². The number of halogens is 1. The van der Waals surface area contributed by atoms with Gasteiger partial charge in [0.15, 0.2) is 11.5 Å². The van der Waals surface area contributed by atoms with E-state index in [9.17, 15) is 9.59 Å². The lowest BCUT2D eigenvalue weighted by Gasteiger charge is -2.31. The van der Waals surface area contributed by atoms with E-state index in [1.807, 2.05) is 39.0 Å². The van der Waals surface area contributed by atoms with E-state index in [1.54, 1.807) is 44.2 Å². The highest BCUT2D eigenvalue weighted by Crippen LogP contribution is 2.45. The summed E-state index contributed by atoms with van der Waals surface area (Å²) in [5.41, 5.74) is 1.81. The van der Waals surface area contributed by atoms with Crippen molar-refractivity contribution in [1.82, 2.24) is 0 Å². The largest absolute Gasteiger partial charge is 0.493 e. The maximum Gasteiger partial charge on any atom is 0.308 e. The van der Waals surface area contributed by atoms with Crippen molar-refractivity contribution < 1.29 is 28.5 Å². The van der Waals surface area contributed by atoms with Gasteiger partial charge in [0.1, 0.15) is 12.2 Å². The van der Waals surface area contributed by atoms with Crippen LogP contribution in [0.1, 0.15) is 51.3 Å². The van der Waals surface area contributed by atoms with Crippen LogP contribution in [0.15, 0.2) is 36.4 Å². The van der Waals surface area contributed by atoms with Crippen molar-refractivity contribution in [2.24, 2.45) is 5.41 Å². The second-order valence-electron chi connectivity index (χ2n) is 9.28. The highest BCUT2D eigenvalue weighted by atomic mass is 35.5. The normalized spacial score (nSPS) is 18.2. The molecule has 0 fully saturated rings. The summed E-state index contributed by atoms with van der Waals surface area (Å²) in [6.45, 7) is 8.50. The fraction of sp³-hybridized carbons (Fsp3) is 0.462. The topological polar surface area (TPSA) is 74.3 Å². The quantitative estimate of drug-likeness (QED) is 0.499. The van der Waals surface area contributed by atoms with Crippen LogP contribution in [0.3, 0.4) is 0 Å². The minimum atomic E-state index is -1.06. The van der Waals surface area contributed by atoms with Crippen molar-refractivity contribution in [3.8, 4) is 11.5 Å². The maximum atomic E-state index is 13.8. The van der Waals surface area contributed by atoms with Gasteiger partial charge in [0.25, 0.3) is 5.91 Å². The number of fused-ring (bicyclic) bond motifs is 1. The van der Waals surface area contributed by atoms with E-state index < -0.39 is 18.2 Å². The molecule has 0 unspecified atom stereocenters. The van der Waals surface area contributed by atoms with Crippen molar-refractivity contribution in [2.45, 2.75) is 46.3 Å². The Labute approximate surface area is 205 Å². The van der Waals surface area contributed by atoms with E-state index in [4.69, 9.17) is 30.5 Å². The summed E-state index contributed by atoms with van der Waals surface area (Å²) < 4.78 is 22.7. The summed E-state index contributed by atoms with van der Waals surface area (Å²) in [5.74, 6) is 0.191. The maximum absolute atomic E-state index is 13.8. The van der Waals surface area contributed by atoms with Crippen LogP contribution in [0.2, 0.25) is 5.02 Å². The second-order valence-corrected chi connectivity index (χ2v) is 9.72. The number of amides is 1. The fourth-order valence-electron chi connectivity index (χ4n) is 4.07. The number of nitrogens with zero attached hydrogens (tertiary/aromatic N) is 1. The smallest absolute Gasteiger partial charge is 0.308 e. The van der Waals surface area contributed by atoms with Gasteiger partial charge in [-0.25, -0.2) is 0 Å². The van der Waals surface area contributed by atoms with Crippen molar-refractivity contribution in [2.75, 3.05) is 32.3 Å². The van der Waals surface area contributed by atoms with Gasteiger partial charge in [0, 0.05) is 28.4 Å². The Morgan fingerprint density at radius 1 is 1.12 bits per heavy atom. The van der Waals surface area contributed by atoms with Gasteiger partial charge in [-0.05, 0) is 36.6 Å². The van der Waals surface area contributed by atoms with Gasteiger partial charge in [0.05, 0.1) is 27.2 Å². The molecule has 2 aromatic rings. The van der Waals surface area contributed by atoms with Crippen LogP contribution in [0.25, 0.3) is 0 Å². The Bertz CT molecular complexity index is 1050. The first-order valence-electron chi connectivity index (χ1n) is 11.2. The second kappa shape index (κ2) is 10.7. The summed E-state index contributed by atoms with van der Waals surface area (Å²) in [6.07, 6.45) is -2.02. The highest BCUT2D eigenvalue weighted by Gasteiger charge is 2.40. The zero-order valence-corrected chi connectivity index (χ0v) is 21.3. The number of carbonyl (C=O) groups excluding carboxylic acids is 2. The molecule has 184 valence electrons. The van der Waals surface area contributed by atoms with Gasteiger partial charge in [-0.3, -0.25) is 9.59 Å². The molecule has 1 heterocycles. The van der Waals surface area contributed by atoms with Crippen LogP contribution in [0, 0.1) is 5.41 Å². The molecule has 2 atom stereocenters. The number of hydrogen-bond donors (Lipinski definition) is 0. The van der Waals surface area contributed by atoms with E-state index in [1.165, 1.54) is 0 Å². The third kappa shape index (κ3) is 5.65. The number of hydrogen-bond acceptors (Lipinski definition) is 6. The van der Waals surface area contributed by atoms with Gasteiger partial charge >= 0.3 is 5.97 Å². The Morgan fingerprint density at radius 2 is 1.85 bits per heavy atom. The van der Waals surface area contributed by atoms with Crippen molar-refractivity contribution in [1.29, 1.82) is 0 Å². The van der Waals surface area contributed by atoms with E-state index in [0.717, 1.165) is 0 Å². The third-order valence-electron chi connectivity index (χ3n) is 5.41. The number of benzene rings is 2. The summed E-state index contributed by atoms with van der Waals surface area (Å²) in [6, 6.07) is 10.8. The first kappa shape index (κ1) is 25.8. The standard InChI is InChI=1S/C26H32ClNO6/c1-7-33-22(29)14-21-25(30)28(15-26(2,3)4)19-12-11-16(27)13-18(19)23(34-21)17-9-8-10-20(31-5)24(17)32-6/h8-13,21,23H,7,14-15H2,1-6H3/t21-,23-/m0/s1. The Hall–Kier alpha value is -2.77. The van der Waals surface area contributed by atoms with E-state index in [0.29, 0.717) is 39.9 Å². The monoisotopic (exact) mass is 489 g/mol. The third-order valence-corrected chi connectivity index (χ3v) is 5.65. The van der Waals surface area contributed by atoms with Crippen molar-refractivity contribution >= 4 is 29.2 Å². The molecule has 3 rings (SSSR count). The number of para-hydroxylation sites is 1. The predicted molar refractivity (Wildman–Crippen MR) is 131 cm³/mol. The molecule has 1 amide bonds. The molecule has 0 N–H and O–H groups in total. The van der Waals surface area contributed by atoms with Crippen LogP contribution < -0.4 is 14.4 Å². The molecule has 7 nitrogen and oxygen atoms in total. The summed E-state index contributed by atoms with van der Waals surface area (Å²) in [7, 11) is 3.10. The fourth-order valence-corrected chi connectivity index (χ4v) is 4.25. The van der Waals surface area contributed by atoms with Crippen LogP contribution in [0.5, 0.6) is 11.5 Å². The van der Waals surface area contributed by atoms with Gasteiger partial charge in [-0.1, -0.05) is 44.5 Å². The number of ether oxygens (including phenoxy) is 4. The van der Waals surface area contributed by atoms with E-state index in [2.05, 4.69) is 0 Å². The van der Waals surface area contributed by atoms with Crippen LogP contribution in [0.4, 0.5) is 5.69 Å². The van der Waals surface area contributed by atoms with Gasteiger partial charge < -0.3 is 23.8 Å². The molecule has 0 bridgehead atoms. The number of carbonyl (C=O) groups is 2. The molecule has 2 aromatic carbocycles. The number of rotatable bonds is 7. The molecular weight excluding hydrogens is 458 g/mol. The number of anilines is 1. The SMILES string of the molecule is CCOC(=O)C[C@@H]1O[C@@H](c2cccc(OC)c2OC)c2cc(Cl)ccc2N(CC(C)(C)C)C1=O. The van der Waals surface area contributed by atoms with Gasteiger partial charge in [-0.15, -0.1) is 0 Å². The molecule has 34 heavy (non-hydrogen) atoms. The van der Waals surface area contributed by atoms with E-state index in [-0.39, 0.29) is 24.3 Å².